The maximum absolute atomic E-state index is 13.0. The molecule has 3 N–H and O–H groups in total. The SMILES string of the molecule is C[C@@H](n1c(=O)[nH]c2ccc(C3=N[C@@](C)(c4cc5ccccc5[nH]4)NC3=O)cc21)C(C)(C)C. The molecule has 1 aliphatic heterocycles. The van der Waals surface area contributed by atoms with Crippen molar-refractivity contribution in [2.75, 3.05) is 0 Å². The third kappa shape index (κ3) is 3.07. The number of imidazole rings is 1. The monoisotopic (exact) mass is 429 g/mol. The molecule has 1 amide bonds. The number of hydrogen-bond donors (Lipinski definition) is 3. The van der Waals surface area contributed by atoms with Gasteiger partial charge < -0.3 is 15.3 Å². The van der Waals surface area contributed by atoms with E-state index in [1.807, 2.05) is 62.4 Å². The average molecular weight is 430 g/mol. The third-order valence-electron chi connectivity index (χ3n) is 6.59. The summed E-state index contributed by atoms with van der Waals surface area (Å²) in [6.07, 6.45) is 0. The van der Waals surface area contributed by atoms with Gasteiger partial charge in [0, 0.05) is 17.1 Å². The highest BCUT2D eigenvalue weighted by molar-refractivity contribution is 6.47. The number of nitrogens with one attached hydrogen (secondary N) is 3. The van der Waals surface area contributed by atoms with Gasteiger partial charge in [0.1, 0.15) is 5.71 Å². The van der Waals surface area contributed by atoms with Crippen molar-refractivity contribution in [3.05, 3.63) is 70.3 Å². The fraction of sp³-hybridized carbons (Fsp3) is 0.320. The van der Waals surface area contributed by atoms with Gasteiger partial charge in [-0.2, -0.15) is 0 Å². The molecule has 4 aromatic rings. The lowest BCUT2D eigenvalue weighted by Crippen LogP contribution is -2.37. The summed E-state index contributed by atoms with van der Waals surface area (Å²) < 4.78 is 1.77. The maximum atomic E-state index is 13.0. The van der Waals surface area contributed by atoms with E-state index in [-0.39, 0.29) is 23.1 Å². The van der Waals surface area contributed by atoms with Crippen molar-refractivity contribution in [1.29, 1.82) is 0 Å². The zero-order valence-electron chi connectivity index (χ0n) is 18.9. The number of carbonyl (C=O) groups is 1. The quantitative estimate of drug-likeness (QED) is 0.455. The lowest BCUT2D eigenvalue weighted by molar-refractivity contribution is -0.115. The van der Waals surface area contributed by atoms with E-state index in [1.54, 1.807) is 4.57 Å². The minimum absolute atomic E-state index is 0.0324. The molecule has 7 heteroatoms. The Kier molecular flexibility index (Phi) is 4.25. The molecular weight excluding hydrogens is 402 g/mol. The molecule has 0 aliphatic carbocycles. The number of H-pyrrole nitrogens is 2. The largest absolute Gasteiger partial charge is 0.355 e. The number of para-hydroxylation sites is 1. The lowest BCUT2D eigenvalue weighted by atomic mass is 9.88. The molecule has 0 bridgehead atoms. The van der Waals surface area contributed by atoms with Gasteiger partial charge in [0.25, 0.3) is 5.91 Å². The van der Waals surface area contributed by atoms with Crippen molar-refractivity contribution in [2.45, 2.75) is 46.3 Å². The highest BCUT2D eigenvalue weighted by atomic mass is 16.2. The first kappa shape index (κ1) is 20.3. The Morgan fingerprint density at radius 2 is 1.75 bits per heavy atom. The minimum Gasteiger partial charge on any atom is -0.355 e. The lowest BCUT2D eigenvalue weighted by Gasteiger charge is -2.28. The van der Waals surface area contributed by atoms with Gasteiger partial charge in [-0.05, 0) is 48.9 Å². The second-order valence-electron chi connectivity index (χ2n) is 9.83. The molecule has 0 fully saturated rings. The fourth-order valence-electron chi connectivity index (χ4n) is 4.28. The first-order chi connectivity index (χ1) is 15.1. The van der Waals surface area contributed by atoms with E-state index in [4.69, 9.17) is 4.99 Å². The molecular formula is C25H27N5O2. The van der Waals surface area contributed by atoms with E-state index in [1.165, 1.54) is 0 Å². The first-order valence-corrected chi connectivity index (χ1v) is 10.8. The van der Waals surface area contributed by atoms with Crippen LogP contribution in [0.15, 0.2) is 58.3 Å². The highest BCUT2D eigenvalue weighted by Gasteiger charge is 2.38. The summed E-state index contributed by atoms with van der Waals surface area (Å²) in [7, 11) is 0. The second-order valence-corrected chi connectivity index (χ2v) is 9.83. The highest BCUT2D eigenvalue weighted by Crippen LogP contribution is 2.33. The summed E-state index contributed by atoms with van der Waals surface area (Å²) in [5.74, 6) is -0.237. The molecule has 0 saturated carbocycles. The number of benzene rings is 2. The van der Waals surface area contributed by atoms with Gasteiger partial charge in [0.2, 0.25) is 0 Å². The molecule has 32 heavy (non-hydrogen) atoms. The Balaban J connectivity index is 1.61. The summed E-state index contributed by atoms with van der Waals surface area (Å²) in [5, 5.41) is 4.09. The van der Waals surface area contributed by atoms with Gasteiger partial charge in [0.05, 0.1) is 16.7 Å². The van der Waals surface area contributed by atoms with E-state index in [0.29, 0.717) is 11.3 Å². The summed E-state index contributed by atoms with van der Waals surface area (Å²) in [5.41, 5.74) is 3.22. The Morgan fingerprint density at radius 3 is 2.47 bits per heavy atom. The van der Waals surface area contributed by atoms with Gasteiger partial charge in [-0.3, -0.25) is 9.36 Å². The van der Waals surface area contributed by atoms with Crippen LogP contribution in [-0.4, -0.2) is 26.2 Å². The van der Waals surface area contributed by atoms with E-state index in [9.17, 15) is 9.59 Å². The minimum atomic E-state index is -0.892. The Bertz CT molecular complexity index is 1430. The second kappa shape index (κ2) is 6.69. The van der Waals surface area contributed by atoms with Crippen LogP contribution in [0.2, 0.25) is 0 Å². The molecule has 2 atom stereocenters. The number of fused-ring (bicyclic) bond motifs is 2. The van der Waals surface area contributed by atoms with Crippen LogP contribution >= 0.6 is 0 Å². The van der Waals surface area contributed by atoms with Crippen molar-refractivity contribution < 1.29 is 4.79 Å². The van der Waals surface area contributed by atoms with Gasteiger partial charge in [-0.15, -0.1) is 0 Å². The number of aromatic amines is 2. The van der Waals surface area contributed by atoms with Crippen LogP contribution in [0.1, 0.15) is 51.9 Å². The molecule has 164 valence electrons. The summed E-state index contributed by atoms with van der Waals surface area (Å²) >= 11 is 0. The molecule has 3 heterocycles. The fourth-order valence-corrected chi connectivity index (χ4v) is 4.28. The van der Waals surface area contributed by atoms with E-state index < -0.39 is 5.66 Å². The van der Waals surface area contributed by atoms with E-state index >= 15 is 0 Å². The van der Waals surface area contributed by atoms with Gasteiger partial charge >= 0.3 is 5.69 Å². The molecule has 1 aliphatic rings. The molecule has 0 unspecified atom stereocenters. The van der Waals surface area contributed by atoms with Crippen LogP contribution in [0.25, 0.3) is 21.9 Å². The normalized spacial score (nSPS) is 20.0. The Morgan fingerprint density at radius 1 is 1.00 bits per heavy atom. The predicted molar refractivity (Wildman–Crippen MR) is 127 cm³/mol. The zero-order chi connectivity index (χ0) is 22.8. The van der Waals surface area contributed by atoms with Crippen molar-refractivity contribution in [2.24, 2.45) is 10.4 Å². The third-order valence-corrected chi connectivity index (χ3v) is 6.59. The van der Waals surface area contributed by atoms with Crippen molar-refractivity contribution in [3.8, 4) is 0 Å². The number of aromatic nitrogens is 3. The van der Waals surface area contributed by atoms with Gasteiger partial charge in [0.15, 0.2) is 5.66 Å². The standard InChI is InChI=1S/C25H27N5O2/c1-14(24(2,3)4)30-19-12-16(10-11-18(19)27-23(30)32)21-22(31)29-25(5,28-21)20-13-15-8-6-7-9-17(15)26-20/h6-14,26H,1-5H3,(H,27,32)(H,29,31)/t14-,25-/m1/s1. The first-order valence-electron chi connectivity index (χ1n) is 10.8. The summed E-state index contributed by atoms with van der Waals surface area (Å²) in [6.45, 7) is 10.2. The zero-order valence-corrected chi connectivity index (χ0v) is 18.9. The molecule has 2 aromatic carbocycles. The van der Waals surface area contributed by atoms with Gasteiger partial charge in [-0.1, -0.05) is 45.0 Å². The summed E-state index contributed by atoms with van der Waals surface area (Å²) in [6, 6.07) is 15.5. The van der Waals surface area contributed by atoms with Crippen molar-refractivity contribution >= 4 is 33.6 Å². The Hall–Kier alpha value is -3.61. The number of carbonyl (C=O) groups excluding carboxylic acids is 1. The van der Waals surface area contributed by atoms with E-state index in [0.717, 1.165) is 27.6 Å². The maximum Gasteiger partial charge on any atom is 0.326 e. The summed E-state index contributed by atoms with van der Waals surface area (Å²) in [4.78, 5) is 36.8. The van der Waals surface area contributed by atoms with E-state index in [2.05, 4.69) is 36.1 Å². The topological polar surface area (TPSA) is 95.0 Å². The number of aliphatic imine (C=N–C) groups is 1. The smallest absolute Gasteiger partial charge is 0.326 e. The molecule has 0 radical (unpaired) electrons. The van der Waals surface area contributed by atoms with Crippen LogP contribution in [0, 0.1) is 5.41 Å². The van der Waals surface area contributed by atoms with Crippen molar-refractivity contribution in [3.63, 3.8) is 0 Å². The van der Waals surface area contributed by atoms with Crippen LogP contribution < -0.4 is 11.0 Å². The number of rotatable bonds is 3. The number of nitrogens with zero attached hydrogens (tertiary/aromatic N) is 2. The van der Waals surface area contributed by atoms with Crippen LogP contribution in [0.4, 0.5) is 0 Å². The van der Waals surface area contributed by atoms with Crippen LogP contribution in [-0.2, 0) is 10.5 Å². The number of amides is 1. The predicted octanol–water partition coefficient (Wildman–Crippen LogP) is 4.21. The van der Waals surface area contributed by atoms with Crippen molar-refractivity contribution in [1.82, 2.24) is 19.9 Å². The Labute approximate surface area is 185 Å². The molecule has 0 saturated heterocycles. The molecule has 2 aromatic heterocycles. The molecule has 5 rings (SSSR count). The van der Waals surface area contributed by atoms with Crippen LogP contribution in [0.3, 0.4) is 0 Å². The number of hydrogen-bond acceptors (Lipinski definition) is 3. The molecule has 0 spiro atoms. The van der Waals surface area contributed by atoms with Gasteiger partial charge in [-0.25, -0.2) is 9.79 Å². The molecule has 7 nitrogen and oxygen atoms in total. The average Bonchev–Trinajstić information content (AvgIpc) is 3.39. The van der Waals surface area contributed by atoms with Crippen LogP contribution in [0.5, 0.6) is 0 Å².